The van der Waals surface area contributed by atoms with E-state index in [1.165, 1.54) is 19.2 Å². The minimum Gasteiger partial charge on any atom is -0.495 e. The number of aryl methyl sites for hydroxylation is 2. The summed E-state index contributed by atoms with van der Waals surface area (Å²) in [5.41, 5.74) is 1.20. The third kappa shape index (κ3) is 7.12. The van der Waals surface area contributed by atoms with Gasteiger partial charge in [0.1, 0.15) is 23.7 Å². The van der Waals surface area contributed by atoms with Gasteiger partial charge >= 0.3 is 27.9 Å². The summed E-state index contributed by atoms with van der Waals surface area (Å²) < 4.78 is 101. The lowest BCUT2D eigenvalue weighted by Gasteiger charge is -2.24. The Morgan fingerprint density at radius 1 is 1.18 bits per heavy atom. The van der Waals surface area contributed by atoms with Gasteiger partial charge in [0.15, 0.2) is 11.5 Å². The Hall–Kier alpha value is -2.73. The van der Waals surface area contributed by atoms with Gasteiger partial charge in [0.25, 0.3) is 0 Å². The summed E-state index contributed by atoms with van der Waals surface area (Å²) in [6, 6.07) is 4.50. The molecule has 0 fully saturated rings. The Morgan fingerprint density at radius 2 is 1.85 bits per heavy atom. The van der Waals surface area contributed by atoms with E-state index in [4.69, 9.17) is 30.0 Å². The zero-order chi connectivity index (χ0) is 30.0. The van der Waals surface area contributed by atoms with E-state index in [0.29, 0.717) is 17.9 Å². The third-order valence-corrected chi connectivity index (χ3v) is 8.11. The molecule has 3 rings (SSSR count). The number of halogens is 5. The molecule has 13 heteroatoms. The average Bonchev–Trinajstić information content (AvgIpc) is 2.82. The minimum atomic E-state index is -4.54. The van der Waals surface area contributed by atoms with Gasteiger partial charge in [-0.3, -0.25) is 0 Å². The van der Waals surface area contributed by atoms with Crippen molar-refractivity contribution in [2.75, 3.05) is 12.9 Å². The van der Waals surface area contributed by atoms with E-state index in [0.717, 1.165) is 12.0 Å². The number of rotatable bonds is 11. The van der Waals surface area contributed by atoms with Gasteiger partial charge in [-0.2, -0.15) is 17.2 Å². The number of benzene rings is 2. The van der Waals surface area contributed by atoms with Gasteiger partial charge in [0, 0.05) is 13.3 Å². The highest BCUT2D eigenvalue weighted by Crippen LogP contribution is 2.46. The molecular formula is C27H31ClF4O7S. The first kappa shape index (κ1) is 31.8. The molecule has 0 spiro atoms. The van der Waals surface area contributed by atoms with Crippen molar-refractivity contribution in [3.63, 3.8) is 0 Å². The van der Waals surface area contributed by atoms with Gasteiger partial charge < -0.3 is 18.4 Å². The summed E-state index contributed by atoms with van der Waals surface area (Å²) in [4.78, 5) is 13.1. The number of carbonyl (C=O) groups excluding carboxylic acids is 1. The molecule has 0 unspecified atom stereocenters. The largest absolute Gasteiger partial charge is 0.495 e. The van der Waals surface area contributed by atoms with Gasteiger partial charge in [-0.15, -0.1) is 0 Å². The van der Waals surface area contributed by atoms with Crippen LogP contribution in [0.1, 0.15) is 67.1 Å². The van der Waals surface area contributed by atoms with Crippen molar-refractivity contribution in [3.05, 3.63) is 45.5 Å². The number of hydrogen-bond acceptors (Lipinski definition) is 7. The Bertz CT molecular complexity index is 1370. The van der Waals surface area contributed by atoms with Gasteiger partial charge in [0.05, 0.1) is 23.4 Å². The molecule has 0 radical (unpaired) electrons. The number of esters is 1. The van der Waals surface area contributed by atoms with Gasteiger partial charge in [0.2, 0.25) is 0 Å². The molecule has 0 saturated heterocycles. The second-order valence-electron chi connectivity index (χ2n) is 10.1. The molecule has 1 aliphatic heterocycles. The molecular weight excluding hydrogens is 580 g/mol. The number of ether oxygens (including phenoxy) is 3. The maximum Gasteiger partial charge on any atom is 0.346 e. The monoisotopic (exact) mass is 610 g/mol. The summed E-state index contributed by atoms with van der Waals surface area (Å²) in [5, 5.41) is 0.126. The van der Waals surface area contributed by atoms with Crippen LogP contribution in [0.4, 0.5) is 17.6 Å². The van der Waals surface area contributed by atoms with Crippen LogP contribution in [0.25, 0.3) is 0 Å². The molecule has 2 aromatic rings. The van der Waals surface area contributed by atoms with Crippen LogP contribution < -0.4 is 13.7 Å². The van der Waals surface area contributed by atoms with Crippen LogP contribution in [0.5, 0.6) is 23.0 Å². The number of carbonyl (C=O) groups is 1. The fraction of sp³-hybridized carbons (Fsp3) is 0.519. The second kappa shape index (κ2) is 12.0. The van der Waals surface area contributed by atoms with Gasteiger partial charge in [-0.1, -0.05) is 31.5 Å². The Balaban J connectivity index is 1.99. The van der Waals surface area contributed by atoms with Crippen molar-refractivity contribution >= 4 is 27.7 Å². The molecule has 0 bridgehead atoms. The predicted octanol–water partition coefficient (Wildman–Crippen LogP) is 7.49. The Kier molecular flexibility index (Phi) is 9.55. The maximum absolute atomic E-state index is 13.6. The molecule has 0 N–H and O–H groups in total. The number of methoxy groups -OCH3 is 1. The fourth-order valence-electron chi connectivity index (χ4n) is 4.06. The van der Waals surface area contributed by atoms with Crippen molar-refractivity contribution in [1.82, 2.24) is 0 Å². The smallest absolute Gasteiger partial charge is 0.346 e. The fourth-order valence-corrected chi connectivity index (χ4v) is 5.24. The molecule has 0 aromatic heterocycles. The molecule has 1 heterocycles. The molecule has 1 aliphatic rings. The van der Waals surface area contributed by atoms with E-state index in [-0.39, 0.29) is 46.1 Å². The van der Waals surface area contributed by atoms with Crippen LogP contribution in [-0.4, -0.2) is 39.1 Å². The third-order valence-electron chi connectivity index (χ3n) is 6.36. The van der Waals surface area contributed by atoms with E-state index in [1.807, 2.05) is 0 Å². The lowest BCUT2D eigenvalue weighted by molar-refractivity contribution is -0.200. The van der Waals surface area contributed by atoms with Crippen LogP contribution in [0, 0.1) is 12.8 Å². The quantitative estimate of drug-likeness (QED) is 0.148. The first-order chi connectivity index (χ1) is 18.5. The van der Waals surface area contributed by atoms with E-state index in [1.54, 1.807) is 13.0 Å². The summed E-state index contributed by atoms with van der Waals surface area (Å²) in [6.07, 6.45) is -0.722. The normalized spacial score (nSPS) is 14.0. The first-order valence-electron chi connectivity index (χ1n) is 12.5. The van der Waals surface area contributed by atoms with Gasteiger partial charge in [-0.05, 0) is 55.4 Å². The van der Waals surface area contributed by atoms with Crippen molar-refractivity contribution < 1.29 is 49.2 Å². The van der Waals surface area contributed by atoms with Crippen molar-refractivity contribution in [3.8, 4) is 23.0 Å². The highest BCUT2D eigenvalue weighted by molar-refractivity contribution is 7.87. The lowest BCUT2D eigenvalue weighted by Crippen LogP contribution is -2.37. The standard InChI is InChI=1S/C27H31ClF4O7S/c1-15(2)7-8-17-9-10-19-21(23(17)36-5)25(33)37-14-18-22(28)16(3)13-20(24(18)38-19)39-40(34,35)12-6-11-27(31,32)26(4,29)30/h9-10,13,15H,6-8,11-12,14H2,1-5H3. The zero-order valence-corrected chi connectivity index (χ0v) is 24.3. The number of hydrogen-bond donors (Lipinski definition) is 0. The summed E-state index contributed by atoms with van der Waals surface area (Å²) in [6.45, 7) is 5.32. The highest BCUT2D eigenvalue weighted by atomic mass is 35.5. The number of cyclic esters (lactones) is 1. The van der Waals surface area contributed by atoms with Crippen LogP contribution in [0.2, 0.25) is 5.02 Å². The average molecular weight is 611 g/mol. The molecule has 7 nitrogen and oxygen atoms in total. The highest BCUT2D eigenvalue weighted by Gasteiger charge is 2.51. The Labute approximate surface area is 235 Å². The van der Waals surface area contributed by atoms with E-state index in [2.05, 4.69) is 13.8 Å². The molecule has 0 atom stereocenters. The second-order valence-corrected chi connectivity index (χ2v) is 12.2. The molecule has 2 aromatic carbocycles. The summed E-state index contributed by atoms with van der Waals surface area (Å²) >= 11 is 6.43. The van der Waals surface area contributed by atoms with Crippen molar-refractivity contribution in [2.24, 2.45) is 5.92 Å². The van der Waals surface area contributed by atoms with E-state index >= 15 is 0 Å². The van der Waals surface area contributed by atoms with Crippen LogP contribution in [0.15, 0.2) is 18.2 Å². The maximum atomic E-state index is 13.6. The van der Waals surface area contributed by atoms with Crippen molar-refractivity contribution in [1.29, 1.82) is 0 Å². The summed E-state index contributed by atoms with van der Waals surface area (Å²) in [5.74, 6) is -10.3. The van der Waals surface area contributed by atoms with E-state index in [9.17, 15) is 30.8 Å². The number of fused-ring (bicyclic) bond motifs is 2. The minimum absolute atomic E-state index is 0.0110. The van der Waals surface area contributed by atoms with Crippen molar-refractivity contribution in [2.45, 2.75) is 71.8 Å². The van der Waals surface area contributed by atoms with Crippen LogP contribution >= 0.6 is 11.6 Å². The number of alkyl halides is 4. The van der Waals surface area contributed by atoms with Crippen LogP contribution in [-0.2, 0) is 27.9 Å². The Morgan fingerprint density at radius 3 is 2.45 bits per heavy atom. The first-order valence-corrected chi connectivity index (χ1v) is 14.5. The molecule has 40 heavy (non-hydrogen) atoms. The summed E-state index contributed by atoms with van der Waals surface area (Å²) in [7, 11) is -3.15. The SMILES string of the molecule is COc1c(CCC(C)C)ccc2c1C(=O)OCc1c(Cl)c(C)cc(OS(=O)(=O)CCCC(F)(F)C(C)(F)F)c1O2. The molecule has 0 aliphatic carbocycles. The zero-order valence-electron chi connectivity index (χ0n) is 22.7. The van der Waals surface area contributed by atoms with Crippen LogP contribution in [0.3, 0.4) is 0 Å². The molecule has 0 amide bonds. The van der Waals surface area contributed by atoms with Gasteiger partial charge in [-0.25, -0.2) is 13.6 Å². The topological polar surface area (TPSA) is 88.1 Å². The molecule has 0 saturated carbocycles. The predicted molar refractivity (Wildman–Crippen MR) is 141 cm³/mol. The van der Waals surface area contributed by atoms with E-state index < -0.39 is 53.1 Å². The molecule has 222 valence electrons. The lowest BCUT2D eigenvalue weighted by atomic mass is 9.99.